The molecule has 0 spiro atoms. The highest BCUT2D eigenvalue weighted by molar-refractivity contribution is 7.75. The molecule has 0 N–H and O–H groups in total. The van der Waals surface area contributed by atoms with Crippen molar-refractivity contribution in [1.29, 1.82) is 0 Å². The molecule has 0 saturated heterocycles. The molecule has 0 fully saturated rings. The molecule has 0 aromatic rings. The first-order valence-electron chi connectivity index (χ1n) is 9.28. The maximum Gasteiger partial charge on any atom is 0.330 e. The zero-order valence-electron chi connectivity index (χ0n) is 15.6. The van der Waals surface area contributed by atoms with Crippen molar-refractivity contribution >= 4 is 13.2 Å². The van der Waals surface area contributed by atoms with Crippen LogP contribution in [0, 0.1) is 0 Å². The minimum atomic E-state index is -0.777. The molecule has 2 nitrogen and oxygen atoms in total. The maximum atomic E-state index is 11.1. The van der Waals surface area contributed by atoms with Crippen LogP contribution >= 0.6 is 7.26 Å². The first kappa shape index (κ1) is 25.2. The van der Waals surface area contributed by atoms with E-state index in [0.717, 1.165) is 6.42 Å². The largest absolute Gasteiger partial charge is 1.00 e. The zero-order valence-corrected chi connectivity index (χ0v) is 17.3. The monoisotopic (exact) mass is 364 g/mol. The highest BCUT2D eigenvalue weighted by atomic mass is 35.5. The number of hydrogen-bond acceptors (Lipinski definition) is 2. The number of ether oxygens (including phenoxy) is 1. The Balaban J connectivity index is 0. The van der Waals surface area contributed by atoms with Crippen LogP contribution in [0.1, 0.15) is 72.1 Å². The summed E-state index contributed by atoms with van der Waals surface area (Å²) in [5.41, 5.74) is 0. The van der Waals surface area contributed by atoms with Gasteiger partial charge in [0, 0.05) is 13.3 Å². The van der Waals surface area contributed by atoms with Gasteiger partial charge in [-0.3, -0.25) is 0 Å². The summed E-state index contributed by atoms with van der Waals surface area (Å²) in [4.78, 5) is 11.1. The molecule has 0 heterocycles. The summed E-state index contributed by atoms with van der Waals surface area (Å²) in [6.07, 6.45) is 17.5. The number of rotatable bonds is 15. The van der Waals surface area contributed by atoms with Gasteiger partial charge in [-0.15, -0.1) is 0 Å². The molecule has 0 unspecified atom stereocenters. The van der Waals surface area contributed by atoms with Crippen LogP contribution in [0.2, 0.25) is 0 Å². The van der Waals surface area contributed by atoms with Crippen LogP contribution in [0.25, 0.3) is 0 Å². The number of carbonyl (C=O) groups is 1. The Labute approximate surface area is 151 Å². The van der Waals surface area contributed by atoms with Gasteiger partial charge in [0.05, 0.1) is 31.3 Å². The van der Waals surface area contributed by atoms with Crippen LogP contribution in [0.4, 0.5) is 0 Å². The van der Waals surface area contributed by atoms with Crippen LogP contribution in [-0.2, 0) is 9.53 Å². The van der Waals surface area contributed by atoms with Crippen molar-refractivity contribution in [3.8, 4) is 0 Å². The van der Waals surface area contributed by atoms with E-state index < -0.39 is 7.26 Å². The van der Waals surface area contributed by atoms with E-state index in [9.17, 15) is 4.79 Å². The van der Waals surface area contributed by atoms with Crippen molar-refractivity contribution in [2.24, 2.45) is 0 Å². The van der Waals surface area contributed by atoms with Gasteiger partial charge in [0.25, 0.3) is 0 Å². The Morgan fingerprint density at radius 2 is 1.30 bits per heavy atom. The fourth-order valence-corrected chi connectivity index (χ4v) is 8.13. The molecule has 0 radical (unpaired) electrons. The molecule has 0 saturated carbocycles. The molecule has 0 aromatic heterocycles. The third-order valence-electron chi connectivity index (χ3n) is 4.40. The maximum absolute atomic E-state index is 11.1. The van der Waals surface area contributed by atoms with Crippen molar-refractivity contribution in [2.75, 3.05) is 31.3 Å². The van der Waals surface area contributed by atoms with Crippen molar-refractivity contribution in [3.05, 3.63) is 12.7 Å². The fraction of sp³-hybridized carbons (Fsp3) is 0.842. The molecule has 0 bridgehead atoms. The molecule has 0 aliphatic rings. The van der Waals surface area contributed by atoms with Crippen LogP contribution in [0.3, 0.4) is 0 Å². The van der Waals surface area contributed by atoms with E-state index in [1.807, 2.05) is 0 Å². The zero-order chi connectivity index (χ0) is 16.7. The van der Waals surface area contributed by atoms with Gasteiger partial charge in [-0.05, 0) is 32.1 Å². The van der Waals surface area contributed by atoms with Crippen molar-refractivity contribution in [2.45, 2.75) is 72.1 Å². The summed E-state index contributed by atoms with van der Waals surface area (Å²) < 4.78 is 5.10. The lowest BCUT2D eigenvalue weighted by Gasteiger charge is -2.28. The van der Waals surface area contributed by atoms with Gasteiger partial charge in [-0.2, -0.15) is 0 Å². The van der Waals surface area contributed by atoms with Gasteiger partial charge in [0.15, 0.2) is 0 Å². The van der Waals surface area contributed by atoms with Crippen molar-refractivity contribution < 1.29 is 21.9 Å². The van der Waals surface area contributed by atoms with Gasteiger partial charge < -0.3 is 17.1 Å². The van der Waals surface area contributed by atoms with E-state index in [-0.39, 0.29) is 18.4 Å². The Morgan fingerprint density at radius 3 is 1.70 bits per heavy atom. The first-order chi connectivity index (χ1) is 10.6. The Bertz CT molecular complexity index is 273. The number of esters is 1. The second kappa shape index (κ2) is 16.8. The fourth-order valence-electron chi connectivity index (χ4n) is 2.93. The Hall–Kier alpha value is -0.0700. The molecule has 0 rings (SSSR count). The molecule has 23 heavy (non-hydrogen) atoms. The van der Waals surface area contributed by atoms with Crippen molar-refractivity contribution in [3.63, 3.8) is 0 Å². The van der Waals surface area contributed by atoms with Crippen molar-refractivity contribution in [1.82, 2.24) is 0 Å². The lowest BCUT2D eigenvalue weighted by Crippen LogP contribution is -3.00. The van der Waals surface area contributed by atoms with Gasteiger partial charge in [0.2, 0.25) is 0 Å². The third-order valence-corrected chi connectivity index (χ3v) is 9.46. The normalized spacial score (nSPS) is 10.9. The van der Waals surface area contributed by atoms with Gasteiger partial charge in [-0.25, -0.2) is 4.79 Å². The summed E-state index contributed by atoms with van der Waals surface area (Å²) in [6, 6.07) is 0. The molecule has 0 atom stereocenters. The van der Waals surface area contributed by atoms with E-state index in [1.54, 1.807) is 0 Å². The Morgan fingerprint density at radius 1 is 0.870 bits per heavy atom. The van der Waals surface area contributed by atoms with Crippen LogP contribution in [0.15, 0.2) is 12.7 Å². The standard InChI is InChI=1S/C19H38O2P.ClH/c1-5-9-15-22(16-10-6-2,17-11-7-3)18-13-12-14-21-19(20)8-4;/h8H,4-7,9-18H2,1-3H3;1H/q+1;/p-1. The average Bonchev–Trinajstić information content (AvgIpc) is 2.55. The summed E-state index contributed by atoms with van der Waals surface area (Å²) in [6.45, 7) is 10.9. The molecule has 0 amide bonds. The van der Waals surface area contributed by atoms with E-state index in [2.05, 4.69) is 27.4 Å². The van der Waals surface area contributed by atoms with Gasteiger partial charge in [0.1, 0.15) is 0 Å². The predicted molar refractivity (Wildman–Crippen MR) is 102 cm³/mol. The number of halogens is 1. The van der Waals surface area contributed by atoms with E-state index in [1.165, 1.54) is 75.7 Å². The highest BCUT2D eigenvalue weighted by Gasteiger charge is 2.34. The highest BCUT2D eigenvalue weighted by Crippen LogP contribution is 2.61. The second-order valence-corrected chi connectivity index (χ2v) is 10.8. The summed E-state index contributed by atoms with van der Waals surface area (Å²) in [5.74, 6) is -0.288. The van der Waals surface area contributed by atoms with E-state index in [4.69, 9.17) is 4.74 Å². The Kier molecular flexibility index (Phi) is 18.4. The SMILES string of the molecule is C=CC(=O)OCCCC[P+](CCCC)(CCCC)CCCC.[Cl-]. The minimum Gasteiger partial charge on any atom is -1.00 e. The predicted octanol–water partition coefficient (Wildman–Crippen LogP) is 2.92. The molecule has 138 valence electrons. The summed E-state index contributed by atoms with van der Waals surface area (Å²) in [5, 5.41) is 0. The molecule has 4 heteroatoms. The smallest absolute Gasteiger partial charge is 0.330 e. The minimum absolute atomic E-state index is 0. The van der Waals surface area contributed by atoms with Crippen LogP contribution in [-0.4, -0.2) is 37.2 Å². The number of unbranched alkanes of at least 4 members (excludes halogenated alkanes) is 4. The summed E-state index contributed by atoms with van der Waals surface area (Å²) >= 11 is 0. The molecule has 0 aliphatic carbocycles. The van der Waals surface area contributed by atoms with Gasteiger partial charge >= 0.3 is 5.97 Å². The number of hydrogen-bond donors (Lipinski definition) is 0. The molecular weight excluding hydrogens is 327 g/mol. The topological polar surface area (TPSA) is 26.3 Å². The molecule has 0 aromatic carbocycles. The molecular formula is C19H38ClO2P. The van der Waals surface area contributed by atoms with E-state index >= 15 is 0 Å². The number of carbonyl (C=O) groups excluding carboxylic acids is 1. The lowest BCUT2D eigenvalue weighted by molar-refractivity contribution is -0.137. The van der Waals surface area contributed by atoms with E-state index in [0.29, 0.717) is 6.61 Å². The third kappa shape index (κ3) is 13.0. The first-order valence-corrected chi connectivity index (χ1v) is 11.8. The van der Waals surface area contributed by atoms with Crippen LogP contribution < -0.4 is 12.4 Å². The summed E-state index contributed by atoms with van der Waals surface area (Å²) in [7, 11) is -0.777. The van der Waals surface area contributed by atoms with Gasteiger partial charge in [-0.1, -0.05) is 46.6 Å². The lowest BCUT2D eigenvalue weighted by atomic mass is 10.3. The molecule has 0 aliphatic heterocycles. The van der Waals surface area contributed by atoms with Crippen LogP contribution in [0.5, 0.6) is 0 Å². The average molecular weight is 365 g/mol. The second-order valence-electron chi connectivity index (χ2n) is 6.38. The quantitative estimate of drug-likeness (QED) is 0.193.